The fraction of sp³-hybridized carbons (Fsp3) is 0.375. The van der Waals surface area contributed by atoms with Gasteiger partial charge < -0.3 is 10.5 Å². The molecule has 0 saturated carbocycles. The molecular formula is C8H10N4O2S. The Labute approximate surface area is 89.3 Å². The van der Waals surface area contributed by atoms with Crippen LogP contribution in [0.15, 0.2) is 11.0 Å². The number of hydrogen-bond acceptors (Lipinski definition) is 6. The molecule has 0 saturated heterocycles. The second kappa shape index (κ2) is 3.95. The first-order chi connectivity index (χ1) is 7.22. The van der Waals surface area contributed by atoms with Crippen LogP contribution in [-0.4, -0.2) is 21.2 Å². The Morgan fingerprint density at radius 1 is 1.67 bits per heavy atom. The Morgan fingerprint density at radius 3 is 3.20 bits per heavy atom. The first-order valence-corrected chi connectivity index (χ1v) is 5.25. The molecule has 2 N–H and O–H groups in total. The van der Waals surface area contributed by atoms with Crippen LogP contribution >= 0.6 is 11.3 Å². The third-order valence-electron chi connectivity index (χ3n) is 1.78. The zero-order valence-corrected chi connectivity index (χ0v) is 8.95. The molecule has 0 aliphatic rings. The zero-order valence-electron chi connectivity index (χ0n) is 8.14. The lowest BCUT2D eigenvalue weighted by Crippen LogP contribution is -2.18. The largest absolute Gasteiger partial charge is 0.393 e. The Bertz CT molecular complexity index is 533. The van der Waals surface area contributed by atoms with Crippen LogP contribution in [0.5, 0.6) is 0 Å². The molecule has 2 aromatic heterocycles. The lowest BCUT2D eigenvalue weighted by Gasteiger charge is -1.93. The number of nitrogens with two attached hydrogens (primary N) is 1. The van der Waals surface area contributed by atoms with E-state index in [1.54, 1.807) is 0 Å². The summed E-state index contributed by atoms with van der Waals surface area (Å²) in [7, 11) is 0. The van der Waals surface area contributed by atoms with Gasteiger partial charge in [-0.15, -0.1) is 0 Å². The number of nitrogen functional groups attached to an aromatic ring is 1. The number of fused-ring (bicyclic) bond motifs is 1. The SMILES string of the molecule is CCOCc1nn2c(=O)c(N)cnc2s1. The van der Waals surface area contributed by atoms with Gasteiger partial charge in [0.1, 0.15) is 17.3 Å². The minimum absolute atomic E-state index is 0.0979. The molecule has 2 heterocycles. The van der Waals surface area contributed by atoms with Crippen LogP contribution in [0, 0.1) is 0 Å². The van der Waals surface area contributed by atoms with Crippen LogP contribution in [0.1, 0.15) is 11.9 Å². The monoisotopic (exact) mass is 226 g/mol. The first-order valence-electron chi connectivity index (χ1n) is 4.43. The second-order valence-electron chi connectivity index (χ2n) is 2.85. The lowest BCUT2D eigenvalue weighted by atomic mass is 10.5. The topological polar surface area (TPSA) is 82.5 Å². The molecule has 0 fully saturated rings. The molecular weight excluding hydrogens is 216 g/mol. The van der Waals surface area contributed by atoms with E-state index in [0.29, 0.717) is 23.2 Å². The lowest BCUT2D eigenvalue weighted by molar-refractivity contribution is 0.133. The van der Waals surface area contributed by atoms with Crippen LogP contribution in [0.4, 0.5) is 5.69 Å². The first kappa shape index (κ1) is 10.1. The van der Waals surface area contributed by atoms with E-state index >= 15 is 0 Å². The summed E-state index contributed by atoms with van der Waals surface area (Å²) in [6.07, 6.45) is 1.35. The average molecular weight is 226 g/mol. The van der Waals surface area contributed by atoms with E-state index in [2.05, 4.69) is 10.1 Å². The Balaban J connectivity index is 2.47. The molecule has 0 atom stereocenters. The molecule has 2 rings (SSSR count). The molecule has 0 unspecified atom stereocenters. The fourth-order valence-corrected chi connectivity index (χ4v) is 1.88. The number of nitrogens with zero attached hydrogens (tertiary/aromatic N) is 3. The molecule has 0 aliphatic carbocycles. The van der Waals surface area contributed by atoms with E-state index < -0.39 is 0 Å². The minimum atomic E-state index is -0.334. The molecule has 0 aromatic carbocycles. The van der Waals surface area contributed by atoms with E-state index in [1.165, 1.54) is 22.0 Å². The van der Waals surface area contributed by atoms with Crippen molar-refractivity contribution in [2.24, 2.45) is 0 Å². The van der Waals surface area contributed by atoms with Gasteiger partial charge in [0.2, 0.25) is 4.96 Å². The molecule has 0 aliphatic heterocycles. The maximum Gasteiger partial charge on any atom is 0.298 e. The Hall–Kier alpha value is -1.47. The highest BCUT2D eigenvalue weighted by molar-refractivity contribution is 7.16. The molecule has 6 nitrogen and oxygen atoms in total. The van der Waals surface area contributed by atoms with Gasteiger partial charge in [0, 0.05) is 6.61 Å². The highest BCUT2D eigenvalue weighted by Crippen LogP contribution is 2.11. The minimum Gasteiger partial charge on any atom is -0.393 e. The Kier molecular flexibility index (Phi) is 2.65. The number of anilines is 1. The van der Waals surface area contributed by atoms with E-state index in [9.17, 15) is 4.79 Å². The summed E-state index contributed by atoms with van der Waals surface area (Å²) >= 11 is 1.32. The van der Waals surface area contributed by atoms with Crippen LogP contribution in [0.3, 0.4) is 0 Å². The van der Waals surface area contributed by atoms with Crippen molar-refractivity contribution in [3.05, 3.63) is 21.6 Å². The van der Waals surface area contributed by atoms with Crippen LogP contribution in [-0.2, 0) is 11.3 Å². The van der Waals surface area contributed by atoms with Crippen LogP contribution < -0.4 is 11.3 Å². The van der Waals surface area contributed by atoms with Gasteiger partial charge in [0.05, 0.1) is 6.20 Å². The molecule has 15 heavy (non-hydrogen) atoms. The van der Waals surface area contributed by atoms with Crippen molar-refractivity contribution in [2.45, 2.75) is 13.5 Å². The van der Waals surface area contributed by atoms with E-state index in [-0.39, 0.29) is 11.2 Å². The van der Waals surface area contributed by atoms with Gasteiger partial charge in [-0.05, 0) is 6.92 Å². The third kappa shape index (κ3) is 1.83. The number of hydrogen-bond donors (Lipinski definition) is 1. The highest BCUT2D eigenvalue weighted by Gasteiger charge is 2.08. The van der Waals surface area contributed by atoms with Gasteiger partial charge >= 0.3 is 0 Å². The predicted molar refractivity (Wildman–Crippen MR) is 56.9 cm³/mol. The van der Waals surface area contributed by atoms with Crippen molar-refractivity contribution >= 4 is 22.0 Å². The molecule has 7 heteroatoms. The van der Waals surface area contributed by atoms with Gasteiger partial charge in [-0.25, -0.2) is 4.98 Å². The van der Waals surface area contributed by atoms with Crippen molar-refractivity contribution in [3.63, 3.8) is 0 Å². The summed E-state index contributed by atoms with van der Waals surface area (Å²) in [5.74, 6) is 0. The van der Waals surface area contributed by atoms with Crippen molar-refractivity contribution < 1.29 is 4.74 Å². The second-order valence-corrected chi connectivity index (χ2v) is 3.89. The highest BCUT2D eigenvalue weighted by atomic mass is 32.1. The standard InChI is InChI=1S/C8H10N4O2S/c1-2-14-4-6-11-12-7(13)5(9)3-10-8(12)15-6/h3H,2,4,9H2,1H3. The van der Waals surface area contributed by atoms with Crippen molar-refractivity contribution in [1.82, 2.24) is 14.6 Å². The fourth-order valence-electron chi connectivity index (χ4n) is 1.09. The molecule has 80 valence electrons. The maximum atomic E-state index is 11.5. The number of aromatic nitrogens is 3. The summed E-state index contributed by atoms with van der Waals surface area (Å²) < 4.78 is 6.40. The van der Waals surface area contributed by atoms with E-state index in [1.807, 2.05) is 6.92 Å². The third-order valence-corrected chi connectivity index (χ3v) is 2.68. The van der Waals surface area contributed by atoms with Crippen molar-refractivity contribution in [3.8, 4) is 0 Å². The molecule has 0 radical (unpaired) electrons. The van der Waals surface area contributed by atoms with Gasteiger partial charge in [0.15, 0.2) is 0 Å². The summed E-state index contributed by atoms with van der Waals surface area (Å²) in [5.41, 5.74) is 5.20. The molecule has 0 amide bonds. The molecule has 0 spiro atoms. The van der Waals surface area contributed by atoms with Crippen LogP contribution in [0.2, 0.25) is 0 Å². The maximum absolute atomic E-state index is 11.5. The predicted octanol–water partition coefficient (Wildman–Crippen LogP) is 0.270. The quantitative estimate of drug-likeness (QED) is 0.812. The summed E-state index contributed by atoms with van der Waals surface area (Å²) in [6, 6.07) is 0. The van der Waals surface area contributed by atoms with Gasteiger partial charge in [0.25, 0.3) is 5.56 Å². The normalized spacial score (nSPS) is 11.0. The van der Waals surface area contributed by atoms with E-state index in [4.69, 9.17) is 10.5 Å². The summed E-state index contributed by atoms with van der Waals surface area (Å²) in [4.78, 5) is 16.1. The molecule has 2 aromatic rings. The van der Waals surface area contributed by atoms with Crippen molar-refractivity contribution in [1.29, 1.82) is 0 Å². The average Bonchev–Trinajstić information content (AvgIpc) is 2.64. The summed E-state index contributed by atoms with van der Waals surface area (Å²) in [6.45, 7) is 2.90. The van der Waals surface area contributed by atoms with Crippen LogP contribution in [0.25, 0.3) is 4.96 Å². The van der Waals surface area contributed by atoms with Crippen molar-refractivity contribution in [2.75, 3.05) is 12.3 Å². The van der Waals surface area contributed by atoms with Gasteiger partial charge in [-0.2, -0.15) is 9.61 Å². The van der Waals surface area contributed by atoms with E-state index in [0.717, 1.165) is 0 Å². The molecule has 0 bridgehead atoms. The summed E-state index contributed by atoms with van der Waals surface area (Å²) in [5, 5.41) is 4.78. The number of ether oxygens (including phenoxy) is 1. The number of rotatable bonds is 3. The van der Waals surface area contributed by atoms with Gasteiger partial charge in [-0.3, -0.25) is 4.79 Å². The smallest absolute Gasteiger partial charge is 0.298 e. The van der Waals surface area contributed by atoms with Gasteiger partial charge in [-0.1, -0.05) is 11.3 Å². The Morgan fingerprint density at radius 2 is 2.47 bits per heavy atom. The zero-order chi connectivity index (χ0) is 10.8.